The van der Waals surface area contributed by atoms with Crippen LogP contribution in [0.4, 0.5) is 0 Å². The highest BCUT2D eigenvalue weighted by atomic mass is 32.2. The quantitative estimate of drug-likeness (QED) is 0.681. The lowest BCUT2D eigenvalue weighted by Gasteiger charge is -2.11. The maximum Gasteiger partial charge on any atom is 0.248 e. The highest BCUT2D eigenvalue weighted by molar-refractivity contribution is 7.97. The van der Waals surface area contributed by atoms with Crippen molar-refractivity contribution in [2.24, 2.45) is 0 Å². The van der Waals surface area contributed by atoms with Crippen molar-refractivity contribution in [3.05, 3.63) is 70.6 Å². The van der Waals surface area contributed by atoms with Crippen molar-refractivity contribution in [3.63, 3.8) is 0 Å². The second kappa shape index (κ2) is 5.15. The van der Waals surface area contributed by atoms with Crippen LogP contribution in [0.1, 0.15) is 15.9 Å². The number of nitrogens with one attached hydrogen (secondary N) is 1. The zero-order valence-corrected chi connectivity index (χ0v) is 11.7. The molecular formula is C16H13NO2S. The summed E-state index contributed by atoms with van der Waals surface area (Å²) in [4.78, 5) is 13.4. The largest absolute Gasteiger partial charge is 0.606 e. The molecule has 1 atom stereocenters. The fourth-order valence-corrected chi connectivity index (χ4v) is 3.80. The molecule has 4 heteroatoms. The van der Waals surface area contributed by atoms with Crippen LogP contribution >= 0.6 is 0 Å². The number of hydrogen-bond acceptors (Lipinski definition) is 3. The molecular weight excluding hydrogens is 270 g/mol. The Labute approximate surface area is 120 Å². The van der Waals surface area contributed by atoms with E-state index in [1.807, 2.05) is 30.3 Å². The number of rotatable bonds is 2. The summed E-state index contributed by atoms with van der Waals surface area (Å²) in [5.74, 6) is -0.160. The van der Waals surface area contributed by atoms with Crippen molar-refractivity contribution in [1.29, 1.82) is 0 Å². The molecule has 1 aliphatic heterocycles. The predicted octanol–water partition coefficient (Wildman–Crippen LogP) is 2.58. The van der Waals surface area contributed by atoms with E-state index in [1.54, 1.807) is 31.3 Å². The van der Waals surface area contributed by atoms with Crippen molar-refractivity contribution >= 4 is 22.7 Å². The minimum absolute atomic E-state index is 0.160. The lowest BCUT2D eigenvalue weighted by Crippen LogP contribution is -2.15. The summed E-state index contributed by atoms with van der Waals surface area (Å²) in [6, 6.07) is 16.5. The molecule has 1 N–H and O–H groups in total. The Balaban J connectivity index is 2.19. The number of Topliss-reactive ketones (excluding diaryl/α,β-unsaturated/α-hetero) is 1. The van der Waals surface area contributed by atoms with Crippen molar-refractivity contribution in [2.45, 2.75) is 4.90 Å². The molecule has 3 rings (SSSR count). The Hall–Kier alpha value is -2.04. The normalized spacial score (nSPS) is 19.7. The summed E-state index contributed by atoms with van der Waals surface area (Å²) < 4.78 is 12.6. The van der Waals surface area contributed by atoms with Gasteiger partial charge in [0, 0.05) is 23.8 Å². The van der Waals surface area contributed by atoms with Crippen molar-refractivity contribution in [2.75, 3.05) is 7.05 Å². The second-order valence-corrected chi connectivity index (χ2v) is 5.80. The third kappa shape index (κ3) is 1.94. The molecule has 0 bridgehead atoms. The van der Waals surface area contributed by atoms with Crippen LogP contribution in [0.3, 0.4) is 0 Å². The van der Waals surface area contributed by atoms with Gasteiger partial charge in [-0.25, -0.2) is 0 Å². The molecule has 1 heterocycles. The molecule has 2 aromatic rings. The molecule has 20 heavy (non-hydrogen) atoms. The summed E-state index contributed by atoms with van der Waals surface area (Å²) in [5, 5.41) is 3.02. The Kier molecular flexibility index (Phi) is 3.34. The summed E-state index contributed by atoms with van der Waals surface area (Å²) >= 11 is -1.43. The van der Waals surface area contributed by atoms with E-state index >= 15 is 0 Å². The van der Waals surface area contributed by atoms with Gasteiger partial charge in [-0.3, -0.25) is 4.79 Å². The first kappa shape index (κ1) is 13.0. The Morgan fingerprint density at radius 1 is 1.05 bits per heavy atom. The van der Waals surface area contributed by atoms with Gasteiger partial charge < -0.3 is 9.87 Å². The smallest absolute Gasteiger partial charge is 0.248 e. The molecule has 0 amide bonds. The molecule has 0 saturated heterocycles. The highest BCUT2D eigenvalue weighted by Gasteiger charge is 2.41. The van der Waals surface area contributed by atoms with Crippen molar-refractivity contribution < 1.29 is 9.35 Å². The van der Waals surface area contributed by atoms with Crippen molar-refractivity contribution in [3.8, 4) is 0 Å². The maximum atomic E-state index is 12.6. The van der Waals surface area contributed by atoms with E-state index in [9.17, 15) is 9.35 Å². The van der Waals surface area contributed by atoms with Gasteiger partial charge in [0.1, 0.15) is 5.70 Å². The molecule has 2 aromatic carbocycles. The van der Waals surface area contributed by atoms with Gasteiger partial charge in [0.15, 0.2) is 4.90 Å². The fourth-order valence-electron chi connectivity index (χ4n) is 2.33. The number of hydrogen-bond donors (Lipinski definition) is 1. The Morgan fingerprint density at radius 2 is 1.70 bits per heavy atom. The van der Waals surface area contributed by atoms with Crippen LogP contribution in [0, 0.1) is 0 Å². The monoisotopic (exact) mass is 283 g/mol. The molecule has 0 radical (unpaired) electrons. The van der Waals surface area contributed by atoms with Crippen LogP contribution in [0.5, 0.6) is 0 Å². The van der Waals surface area contributed by atoms with Crippen LogP contribution in [-0.4, -0.2) is 17.4 Å². The minimum atomic E-state index is -1.43. The zero-order chi connectivity index (χ0) is 14.1. The minimum Gasteiger partial charge on any atom is -0.606 e. The first-order valence-corrected chi connectivity index (χ1v) is 7.42. The first-order chi connectivity index (χ1) is 9.74. The Bertz CT molecular complexity index is 695. The van der Waals surface area contributed by atoms with Crippen LogP contribution in [-0.2, 0) is 11.2 Å². The van der Waals surface area contributed by atoms with Crippen LogP contribution < -0.4 is 5.32 Å². The third-order valence-electron chi connectivity index (χ3n) is 3.26. The molecule has 3 nitrogen and oxygen atoms in total. The average molecular weight is 283 g/mol. The van der Waals surface area contributed by atoms with Gasteiger partial charge in [0.05, 0.1) is 5.56 Å². The topological polar surface area (TPSA) is 52.2 Å². The SMILES string of the molecule is CN/C(=C1\C(=O)c2ccccc2[S+]1[O-])c1ccccc1. The van der Waals surface area contributed by atoms with Gasteiger partial charge in [0.2, 0.25) is 10.7 Å². The number of allylic oxidation sites excluding steroid dienone is 1. The van der Waals surface area contributed by atoms with Gasteiger partial charge in [0.25, 0.3) is 0 Å². The number of ketones is 1. The Morgan fingerprint density at radius 3 is 2.35 bits per heavy atom. The van der Waals surface area contributed by atoms with Crippen LogP contribution in [0.2, 0.25) is 0 Å². The highest BCUT2D eigenvalue weighted by Crippen LogP contribution is 2.37. The number of carbonyl (C=O) groups is 1. The molecule has 100 valence electrons. The predicted molar refractivity (Wildman–Crippen MR) is 79.6 cm³/mol. The molecule has 0 aromatic heterocycles. The fraction of sp³-hybridized carbons (Fsp3) is 0.0625. The zero-order valence-electron chi connectivity index (χ0n) is 10.9. The van der Waals surface area contributed by atoms with E-state index in [1.165, 1.54) is 0 Å². The van der Waals surface area contributed by atoms with Gasteiger partial charge >= 0.3 is 0 Å². The lowest BCUT2D eigenvalue weighted by molar-refractivity contribution is 0.104. The van der Waals surface area contributed by atoms with Crippen molar-refractivity contribution in [1.82, 2.24) is 5.32 Å². The first-order valence-electron chi connectivity index (χ1n) is 6.27. The lowest BCUT2D eigenvalue weighted by atomic mass is 10.1. The number of fused-ring (bicyclic) bond motifs is 1. The van der Waals surface area contributed by atoms with E-state index in [-0.39, 0.29) is 5.78 Å². The van der Waals surface area contributed by atoms with E-state index in [0.29, 0.717) is 21.1 Å². The van der Waals surface area contributed by atoms with E-state index in [4.69, 9.17) is 0 Å². The van der Waals surface area contributed by atoms with Gasteiger partial charge in [-0.05, 0) is 12.1 Å². The number of benzene rings is 2. The van der Waals surface area contributed by atoms with Gasteiger partial charge in [-0.15, -0.1) is 0 Å². The maximum absolute atomic E-state index is 12.6. The van der Waals surface area contributed by atoms with E-state index in [0.717, 1.165) is 5.56 Å². The standard InChI is InChI=1S/C16H13NO2S/c1-17-14(11-7-3-2-4-8-11)16-15(18)12-9-5-6-10-13(12)20(16)19/h2-10,17H,1H3/b16-14+. The summed E-state index contributed by atoms with van der Waals surface area (Å²) in [6.45, 7) is 0. The molecule has 1 aliphatic rings. The number of carbonyl (C=O) groups excluding carboxylic acids is 1. The molecule has 0 fully saturated rings. The van der Waals surface area contributed by atoms with E-state index < -0.39 is 11.2 Å². The average Bonchev–Trinajstić information content (AvgIpc) is 2.75. The summed E-state index contributed by atoms with van der Waals surface area (Å²) in [7, 11) is 1.74. The summed E-state index contributed by atoms with van der Waals surface area (Å²) in [6.07, 6.45) is 0. The molecule has 1 unspecified atom stereocenters. The summed E-state index contributed by atoms with van der Waals surface area (Å²) in [5.41, 5.74) is 2.02. The van der Waals surface area contributed by atoms with Crippen LogP contribution in [0.15, 0.2) is 64.4 Å². The van der Waals surface area contributed by atoms with E-state index in [2.05, 4.69) is 5.32 Å². The van der Waals surface area contributed by atoms with Crippen LogP contribution in [0.25, 0.3) is 5.70 Å². The molecule has 0 spiro atoms. The third-order valence-corrected chi connectivity index (χ3v) is 4.78. The van der Waals surface area contributed by atoms with Gasteiger partial charge in [-0.1, -0.05) is 42.5 Å². The van der Waals surface area contributed by atoms with Gasteiger partial charge in [-0.2, -0.15) is 0 Å². The second-order valence-electron chi connectivity index (χ2n) is 4.41. The molecule has 0 aliphatic carbocycles. The molecule has 0 saturated carbocycles.